The maximum absolute atomic E-state index is 11.0. The van der Waals surface area contributed by atoms with Crippen molar-refractivity contribution >= 4 is 15.8 Å². The van der Waals surface area contributed by atoms with Crippen LogP contribution < -0.4 is 0 Å². The number of rotatable bonds is 2. The van der Waals surface area contributed by atoms with Crippen molar-refractivity contribution in [1.82, 2.24) is 0 Å². The van der Waals surface area contributed by atoms with Crippen molar-refractivity contribution in [2.24, 2.45) is 5.92 Å². The molecule has 0 bridgehead atoms. The molecule has 0 radical (unpaired) electrons. The number of carboxylic acid groups (broad SMARTS) is 1. The Balaban J connectivity index is 2.82. The van der Waals surface area contributed by atoms with E-state index in [1.165, 1.54) is 0 Å². The lowest BCUT2D eigenvalue weighted by molar-refractivity contribution is -0.161. The number of carboxylic acids is 1. The van der Waals surface area contributed by atoms with Gasteiger partial charge in [-0.25, -0.2) is 13.2 Å². The maximum Gasteiger partial charge on any atom is 0.335 e. The molecule has 1 rings (SSSR count). The molecule has 0 aromatic rings. The van der Waals surface area contributed by atoms with E-state index in [1.54, 1.807) is 0 Å². The number of aliphatic hydroxyl groups is 1. The molecule has 2 N–H and O–H groups in total. The van der Waals surface area contributed by atoms with Crippen LogP contribution in [0.1, 0.15) is 13.3 Å². The molecule has 0 aromatic heterocycles. The second-order valence-electron chi connectivity index (χ2n) is 3.55. The number of aliphatic carboxylic acids is 1. The van der Waals surface area contributed by atoms with Gasteiger partial charge in [0, 0.05) is 5.92 Å². The van der Waals surface area contributed by atoms with Crippen LogP contribution in [-0.4, -0.2) is 41.7 Å². The van der Waals surface area contributed by atoms with E-state index in [0.29, 0.717) is 0 Å². The SMILES string of the molecule is CC(O)(C(=O)O)C1CCS(=O)(=O)C1. The van der Waals surface area contributed by atoms with Crippen molar-refractivity contribution in [3.05, 3.63) is 0 Å². The Morgan fingerprint density at radius 3 is 2.38 bits per heavy atom. The van der Waals surface area contributed by atoms with E-state index in [1.807, 2.05) is 0 Å². The zero-order valence-corrected chi connectivity index (χ0v) is 8.04. The molecule has 0 saturated carbocycles. The molecule has 0 aliphatic carbocycles. The zero-order valence-electron chi connectivity index (χ0n) is 7.23. The third-order valence-electron chi connectivity index (χ3n) is 2.46. The lowest BCUT2D eigenvalue weighted by Gasteiger charge is -2.23. The van der Waals surface area contributed by atoms with Crippen LogP contribution >= 0.6 is 0 Å². The Labute approximate surface area is 76.3 Å². The summed E-state index contributed by atoms with van der Waals surface area (Å²) in [5.74, 6) is -2.31. The fraction of sp³-hybridized carbons (Fsp3) is 0.857. The van der Waals surface area contributed by atoms with Gasteiger partial charge in [0.2, 0.25) is 0 Å². The predicted molar refractivity (Wildman–Crippen MR) is 45.0 cm³/mol. The first kappa shape index (κ1) is 10.5. The fourth-order valence-corrected chi connectivity index (χ4v) is 3.33. The van der Waals surface area contributed by atoms with Gasteiger partial charge in [-0.15, -0.1) is 0 Å². The smallest absolute Gasteiger partial charge is 0.335 e. The molecule has 2 atom stereocenters. The van der Waals surface area contributed by atoms with E-state index >= 15 is 0 Å². The van der Waals surface area contributed by atoms with Gasteiger partial charge in [0.1, 0.15) is 0 Å². The van der Waals surface area contributed by atoms with Crippen molar-refractivity contribution < 1.29 is 23.4 Å². The van der Waals surface area contributed by atoms with Gasteiger partial charge in [-0.1, -0.05) is 0 Å². The maximum atomic E-state index is 11.0. The highest BCUT2D eigenvalue weighted by molar-refractivity contribution is 7.91. The lowest BCUT2D eigenvalue weighted by Crippen LogP contribution is -2.43. The molecule has 0 amide bonds. The monoisotopic (exact) mass is 208 g/mol. The van der Waals surface area contributed by atoms with Crippen LogP contribution in [0.2, 0.25) is 0 Å². The van der Waals surface area contributed by atoms with E-state index in [9.17, 15) is 18.3 Å². The minimum atomic E-state index is -3.14. The van der Waals surface area contributed by atoms with E-state index < -0.39 is 27.3 Å². The highest BCUT2D eigenvalue weighted by atomic mass is 32.2. The van der Waals surface area contributed by atoms with Crippen molar-refractivity contribution in [1.29, 1.82) is 0 Å². The molecule has 76 valence electrons. The molecular formula is C7H12O5S. The van der Waals surface area contributed by atoms with Crippen molar-refractivity contribution in [3.8, 4) is 0 Å². The second-order valence-corrected chi connectivity index (χ2v) is 5.78. The van der Waals surface area contributed by atoms with Crippen LogP contribution in [0.5, 0.6) is 0 Å². The van der Waals surface area contributed by atoms with Gasteiger partial charge < -0.3 is 10.2 Å². The minimum Gasteiger partial charge on any atom is -0.479 e. The van der Waals surface area contributed by atoms with E-state index in [0.717, 1.165) is 6.92 Å². The molecule has 5 nitrogen and oxygen atoms in total. The van der Waals surface area contributed by atoms with Gasteiger partial charge in [-0.2, -0.15) is 0 Å². The topological polar surface area (TPSA) is 91.7 Å². The summed E-state index contributed by atoms with van der Waals surface area (Å²) in [6, 6.07) is 0. The molecule has 1 saturated heterocycles. The summed E-state index contributed by atoms with van der Waals surface area (Å²) >= 11 is 0. The molecule has 0 aromatic carbocycles. The third-order valence-corrected chi connectivity index (χ3v) is 4.23. The standard InChI is InChI=1S/C7H12O5S/c1-7(10,6(8)9)5-2-3-13(11,12)4-5/h5,10H,2-4H2,1H3,(H,8,9). The molecule has 0 spiro atoms. The average Bonchev–Trinajstić information content (AvgIpc) is 2.30. The molecule has 1 aliphatic rings. The van der Waals surface area contributed by atoms with Gasteiger partial charge in [-0.3, -0.25) is 0 Å². The molecule has 1 fully saturated rings. The molecule has 1 aliphatic heterocycles. The summed E-state index contributed by atoms with van der Waals surface area (Å²) in [6.07, 6.45) is 0.224. The first-order valence-electron chi connectivity index (χ1n) is 3.92. The van der Waals surface area contributed by atoms with Gasteiger partial charge >= 0.3 is 5.97 Å². The van der Waals surface area contributed by atoms with Crippen molar-refractivity contribution in [3.63, 3.8) is 0 Å². The number of hydrogen-bond donors (Lipinski definition) is 2. The predicted octanol–water partition coefficient (Wildman–Crippen LogP) is -0.743. The largest absolute Gasteiger partial charge is 0.479 e. The Bertz CT molecular complexity index is 316. The van der Waals surface area contributed by atoms with Crippen LogP contribution in [0.4, 0.5) is 0 Å². The summed E-state index contributed by atoms with van der Waals surface area (Å²) < 4.78 is 22.0. The molecule has 13 heavy (non-hydrogen) atoms. The third kappa shape index (κ3) is 2.00. The molecule has 6 heteroatoms. The van der Waals surface area contributed by atoms with Gasteiger partial charge in [-0.05, 0) is 13.3 Å². The highest BCUT2D eigenvalue weighted by Gasteiger charge is 2.45. The van der Waals surface area contributed by atoms with E-state index in [2.05, 4.69) is 0 Å². The molecule has 2 unspecified atom stereocenters. The van der Waals surface area contributed by atoms with Crippen LogP contribution in [-0.2, 0) is 14.6 Å². The summed E-state index contributed by atoms with van der Waals surface area (Å²) in [4.78, 5) is 10.6. The highest BCUT2D eigenvalue weighted by Crippen LogP contribution is 2.29. The quantitative estimate of drug-likeness (QED) is 0.623. The normalized spacial score (nSPS) is 31.1. The second kappa shape index (κ2) is 2.95. The van der Waals surface area contributed by atoms with Gasteiger partial charge in [0.15, 0.2) is 15.4 Å². The Morgan fingerprint density at radius 2 is 2.08 bits per heavy atom. The summed E-state index contributed by atoms with van der Waals surface area (Å²) in [6.45, 7) is 1.14. The summed E-state index contributed by atoms with van der Waals surface area (Å²) in [5, 5.41) is 18.1. The average molecular weight is 208 g/mol. The Morgan fingerprint density at radius 1 is 1.54 bits per heavy atom. The van der Waals surface area contributed by atoms with E-state index in [4.69, 9.17) is 5.11 Å². The number of sulfone groups is 1. The summed E-state index contributed by atoms with van der Waals surface area (Å²) in [5.41, 5.74) is -1.93. The number of carbonyl (C=O) groups is 1. The molecular weight excluding hydrogens is 196 g/mol. The fourth-order valence-electron chi connectivity index (χ4n) is 1.41. The Kier molecular flexibility index (Phi) is 2.38. The van der Waals surface area contributed by atoms with Gasteiger partial charge in [0.25, 0.3) is 0 Å². The Hall–Kier alpha value is -0.620. The molecule has 1 heterocycles. The minimum absolute atomic E-state index is 0.0267. The zero-order chi connectivity index (χ0) is 10.3. The van der Waals surface area contributed by atoms with Crippen LogP contribution in [0.15, 0.2) is 0 Å². The number of hydrogen-bond acceptors (Lipinski definition) is 4. The van der Waals surface area contributed by atoms with Crippen LogP contribution in [0, 0.1) is 5.92 Å². The first-order valence-corrected chi connectivity index (χ1v) is 5.74. The van der Waals surface area contributed by atoms with Crippen LogP contribution in [0.25, 0.3) is 0 Å². The van der Waals surface area contributed by atoms with Crippen molar-refractivity contribution in [2.75, 3.05) is 11.5 Å². The van der Waals surface area contributed by atoms with Crippen molar-refractivity contribution in [2.45, 2.75) is 18.9 Å². The van der Waals surface area contributed by atoms with E-state index in [-0.39, 0.29) is 17.9 Å². The summed E-state index contributed by atoms with van der Waals surface area (Å²) in [7, 11) is -3.14. The lowest BCUT2D eigenvalue weighted by atomic mass is 9.89. The van der Waals surface area contributed by atoms with Gasteiger partial charge in [0.05, 0.1) is 11.5 Å². The van der Waals surface area contributed by atoms with Crippen LogP contribution in [0.3, 0.4) is 0 Å². The first-order chi connectivity index (χ1) is 5.76.